The molecule has 0 amide bonds. The SMILES string of the molecule is CNC(CCN)C(O)c1ccc(Cl)c(Cl)c1. The topological polar surface area (TPSA) is 58.3 Å². The molecule has 0 aliphatic rings. The summed E-state index contributed by atoms with van der Waals surface area (Å²) in [6.45, 7) is 0.518. The first-order chi connectivity index (χ1) is 7.60. The molecule has 0 aromatic heterocycles. The first-order valence-electron chi connectivity index (χ1n) is 5.10. The standard InChI is InChI=1S/C11H16Cl2N2O/c1-15-10(4-5-14)11(16)7-2-3-8(12)9(13)6-7/h2-3,6,10-11,15-16H,4-5,14H2,1H3. The van der Waals surface area contributed by atoms with E-state index in [4.69, 9.17) is 28.9 Å². The van der Waals surface area contributed by atoms with Crippen LogP contribution < -0.4 is 11.1 Å². The fraction of sp³-hybridized carbons (Fsp3) is 0.455. The Bertz CT molecular complexity index is 347. The number of nitrogens with one attached hydrogen (secondary N) is 1. The molecule has 0 bridgehead atoms. The van der Waals surface area contributed by atoms with Crippen molar-refractivity contribution in [2.75, 3.05) is 13.6 Å². The van der Waals surface area contributed by atoms with Crippen molar-refractivity contribution in [2.45, 2.75) is 18.6 Å². The second kappa shape index (κ2) is 6.42. The van der Waals surface area contributed by atoms with E-state index in [0.717, 1.165) is 5.56 Å². The maximum absolute atomic E-state index is 10.1. The van der Waals surface area contributed by atoms with E-state index in [1.54, 1.807) is 25.2 Å². The Balaban J connectivity index is 2.85. The summed E-state index contributed by atoms with van der Waals surface area (Å²) in [5.74, 6) is 0. The quantitative estimate of drug-likeness (QED) is 0.761. The summed E-state index contributed by atoms with van der Waals surface area (Å²) in [4.78, 5) is 0. The molecule has 1 rings (SSSR count). The summed E-state index contributed by atoms with van der Waals surface area (Å²) in [5, 5.41) is 14.1. The fourth-order valence-electron chi connectivity index (χ4n) is 1.57. The van der Waals surface area contributed by atoms with Crippen LogP contribution in [0.15, 0.2) is 18.2 Å². The summed E-state index contributed by atoms with van der Waals surface area (Å²) in [6, 6.07) is 5.04. The Morgan fingerprint density at radius 1 is 1.38 bits per heavy atom. The molecule has 0 aliphatic heterocycles. The van der Waals surface area contributed by atoms with E-state index in [1.165, 1.54) is 0 Å². The third-order valence-corrected chi connectivity index (χ3v) is 3.25. The molecule has 1 aromatic rings. The molecular formula is C11H16Cl2N2O. The van der Waals surface area contributed by atoms with Gasteiger partial charge in [-0.05, 0) is 37.7 Å². The summed E-state index contributed by atoms with van der Waals surface area (Å²) >= 11 is 11.7. The van der Waals surface area contributed by atoms with Crippen molar-refractivity contribution in [3.8, 4) is 0 Å². The van der Waals surface area contributed by atoms with Crippen molar-refractivity contribution < 1.29 is 5.11 Å². The largest absolute Gasteiger partial charge is 0.387 e. The predicted molar refractivity (Wildman–Crippen MR) is 67.9 cm³/mol. The number of nitrogens with two attached hydrogens (primary N) is 1. The average Bonchev–Trinajstić information content (AvgIpc) is 2.28. The van der Waals surface area contributed by atoms with Crippen molar-refractivity contribution in [2.24, 2.45) is 5.73 Å². The van der Waals surface area contributed by atoms with Gasteiger partial charge >= 0.3 is 0 Å². The molecule has 0 saturated heterocycles. The van der Waals surface area contributed by atoms with Crippen LogP contribution in [0.2, 0.25) is 10.0 Å². The molecule has 0 aliphatic carbocycles. The third-order valence-electron chi connectivity index (χ3n) is 2.51. The lowest BCUT2D eigenvalue weighted by molar-refractivity contribution is 0.129. The monoisotopic (exact) mass is 262 g/mol. The van der Waals surface area contributed by atoms with E-state index in [9.17, 15) is 5.11 Å². The van der Waals surface area contributed by atoms with E-state index in [1.807, 2.05) is 0 Å². The highest BCUT2D eigenvalue weighted by Gasteiger charge is 2.19. The van der Waals surface area contributed by atoms with Gasteiger partial charge in [0.25, 0.3) is 0 Å². The molecule has 5 heteroatoms. The zero-order valence-corrected chi connectivity index (χ0v) is 10.6. The molecule has 1 aromatic carbocycles. The molecule has 0 heterocycles. The summed E-state index contributed by atoms with van der Waals surface area (Å²) in [5.41, 5.74) is 6.21. The van der Waals surface area contributed by atoms with Crippen molar-refractivity contribution in [3.05, 3.63) is 33.8 Å². The molecule has 3 nitrogen and oxygen atoms in total. The number of likely N-dealkylation sites (N-methyl/N-ethyl adjacent to an activating group) is 1. The van der Waals surface area contributed by atoms with E-state index >= 15 is 0 Å². The fourth-order valence-corrected chi connectivity index (χ4v) is 1.87. The molecule has 0 spiro atoms. The predicted octanol–water partition coefficient (Wildman–Crippen LogP) is 1.96. The van der Waals surface area contributed by atoms with E-state index in [-0.39, 0.29) is 6.04 Å². The zero-order chi connectivity index (χ0) is 12.1. The van der Waals surface area contributed by atoms with Crippen LogP contribution in [0, 0.1) is 0 Å². The van der Waals surface area contributed by atoms with Gasteiger partial charge in [-0.15, -0.1) is 0 Å². The Kier molecular flexibility index (Phi) is 5.52. The molecule has 16 heavy (non-hydrogen) atoms. The van der Waals surface area contributed by atoms with E-state index < -0.39 is 6.10 Å². The molecule has 4 N–H and O–H groups in total. The van der Waals surface area contributed by atoms with Crippen molar-refractivity contribution in [1.82, 2.24) is 5.32 Å². The summed E-state index contributed by atoms with van der Waals surface area (Å²) in [6.07, 6.45) is 0.0566. The Morgan fingerprint density at radius 3 is 2.56 bits per heavy atom. The van der Waals surface area contributed by atoms with Crippen molar-refractivity contribution in [1.29, 1.82) is 0 Å². The first kappa shape index (κ1) is 13.7. The highest BCUT2D eigenvalue weighted by atomic mass is 35.5. The van der Waals surface area contributed by atoms with E-state index in [0.29, 0.717) is 23.0 Å². The van der Waals surface area contributed by atoms with Crippen LogP contribution in [-0.2, 0) is 0 Å². The molecule has 0 saturated carbocycles. The molecule has 2 unspecified atom stereocenters. The van der Waals surface area contributed by atoms with Gasteiger partial charge in [0.1, 0.15) is 0 Å². The molecule has 0 radical (unpaired) electrons. The highest BCUT2D eigenvalue weighted by molar-refractivity contribution is 6.42. The minimum Gasteiger partial charge on any atom is -0.387 e. The number of aliphatic hydroxyl groups is 1. The normalized spacial score (nSPS) is 14.8. The lowest BCUT2D eigenvalue weighted by Gasteiger charge is -2.22. The molecular weight excluding hydrogens is 247 g/mol. The van der Waals surface area contributed by atoms with Gasteiger partial charge in [-0.25, -0.2) is 0 Å². The van der Waals surface area contributed by atoms with Crippen LogP contribution in [0.25, 0.3) is 0 Å². The van der Waals surface area contributed by atoms with Gasteiger partial charge in [0, 0.05) is 6.04 Å². The number of hydrogen-bond acceptors (Lipinski definition) is 3. The van der Waals surface area contributed by atoms with E-state index in [2.05, 4.69) is 5.32 Å². The Labute approximate surface area is 106 Å². The summed E-state index contributed by atoms with van der Waals surface area (Å²) < 4.78 is 0. The first-order valence-corrected chi connectivity index (χ1v) is 5.86. The maximum atomic E-state index is 10.1. The lowest BCUT2D eigenvalue weighted by atomic mass is 10.00. The number of benzene rings is 1. The van der Waals surface area contributed by atoms with Crippen LogP contribution in [0.5, 0.6) is 0 Å². The van der Waals surface area contributed by atoms with Crippen LogP contribution in [-0.4, -0.2) is 24.7 Å². The van der Waals surface area contributed by atoms with Crippen LogP contribution >= 0.6 is 23.2 Å². The molecule has 2 atom stereocenters. The van der Waals surface area contributed by atoms with Crippen LogP contribution in [0.3, 0.4) is 0 Å². The number of aliphatic hydroxyl groups excluding tert-OH is 1. The Hall–Kier alpha value is -0.320. The van der Waals surface area contributed by atoms with Gasteiger partial charge in [0.2, 0.25) is 0 Å². The van der Waals surface area contributed by atoms with Gasteiger partial charge in [-0.3, -0.25) is 0 Å². The zero-order valence-electron chi connectivity index (χ0n) is 9.08. The van der Waals surface area contributed by atoms with Crippen molar-refractivity contribution >= 4 is 23.2 Å². The number of halogens is 2. The highest BCUT2D eigenvalue weighted by Crippen LogP contribution is 2.27. The second-order valence-electron chi connectivity index (χ2n) is 3.59. The second-order valence-corrected chi connectivity index (χ2v) is 4.41. The van der Waals surface area contributed by atoms with Gasteiger partial charge in [-0.2, -0.15) is 0 Å². The Morgan fingerprint density at radius 2 is 2.06 bits per heavy atom. The minimum absolute atomic E-state index is 0.0813. The number of rotatable bonds is 5. The lowest BCUT2D eigenvalue weighted by Crippen LogP contribution is -2.34. The van der Waals surface area contributed by atoms with Gasteiger partial charge in [0.05, 0.1) is 16.1 Å². The summed E-state index contributed by atoms with van der Waals surface area (Å²) in [7, 11) is 1.79. The van der Waals surface area contributed by atoms with Gasteiger partial charge in [0.15, 0.2) is 0 Å². The molecule has 0 fully saturated rings. The van der Waals surface area contributed by atoms with Crippen LogP contribution in [0.4, 0.5) is 0 Å². The minimum atomic E-state index is -0.636. The molecule has 90 valence electrons. The smallest absolute Gasteiger partial charge is 0.0943 e. The van der Waals surface area contributed by atoms with Crippen LogP contribution in [0.1, 0.15) is 18.1 Å². The van der Waals surface area contributed by atoms with Gasteiger partial charge < -0.3 is 16.2 Å². The average molecular weight is 263 g/mol. The van der Waals surface area contributed by atoms with Crippen molar-refractivity contribution in [3.63, 3.8) is 0 Å². The maximum Gasteiger partial charge on any atom is 0.0943 e. The third kappa shape index (κ3) is 3.34. The van der Waals surface area contributed by atoms with Gasteiger partial charge in [-0.1, -0.05) is 29.3 Å². The number of hydrogen-bond donors (Lipinski definition) is 3.